The molecular weight excluding hydrogens is 318 g/mol. The van der Waals surface area contributed by atoms with E-state index in [1.54, 1.807) is 11.9 Å². The van der Waals surface area contributed by atoms with Gasteiger partial charge in [0.2, 0.25) is 11.8 Å². The van der Waals surface area contributed by atoms with Crippen LogP contribution in [-0.4, -0.2) is 24.0 Å². The second-order valence-corrected chi connectivity index (χ2v) is 6.87. The summed E-state index contributed by atoms with van der Waals surface area (Å²) in [6.07, 6.45) is 1.02. The average molecular weight is 341 g/mol. The van der Waals surface area contributed by atoms with Crippen LogP contribution in [0.2, 0.25) is 0 Å². The minimum absolute atomic E-state index is 0.0577. The number of hydrogen-bond acceptors (Lipinski definition) is 4. The second-order valence-electron chi connectivity index (χ2n) is 6.87. The Hall–Kier alpha value is -2.63. The number of aromatic nitrogens is 1. The van der Waals surface area contributed by atoms with E-state index < -0.39 is 5.92 Å². The van der Waals surface area contributed by atoms with Crippen LogP contribution in [0.1, 0.15) is 43.2 Å². The van der Waals surface area contributed by atoms with Gasteiger partial charge in [0.1, 0.15) is 0 Å². The molecule has 1 atom stereocenters. The van der Waals surface area contributed by atoms with Crippen LogP contribution in [0, 0.1) is 5.92 Å². The summed E-state index contributed by atoms with van der Waals surface area (Å²) in [5.74, 6) is 0.414. The number of carbonyl (C=O) groups excluding carboxylic acids is 2. The fraction of sp³-hybridized carbons (Fsp3) is 0.421. The van der Waals surface area contributed by atoms with Gasteiger partial charge in [0.05, 0.1) is 18.2 Å². The van der Waals surface area contributed by atoms with E-state index in [4.69, 9.17) is 4.52 Å². The van der Waals surface area contributed by atoms with Gasteiger partial charge in [-0.05, 0) is 24.0 Å². The summed E-state index contributed by atoms with van der Waals surface area (Å²) in [4.78, 5) is 26.4. The molecule has 2 heterocycles. The van der Waals surface area contributed by atoms with Crippen LogP contribution in [0.4, 0.5) is 5.69 Å². The Morgan fingerprint density at radius 2 is 2.16 bits per heavy atom. The van der Waals surface area contributed by atoms with Gasteiger partial charge in [-0.1, -0.05) is 37.2 Å². The highest BCUT2D eigenvalue weighted by atomic mass is 16.5. The molecule has 2 amide bonds. The van der Waals surface area contributed by atoms with Gasteiger partial charge < -0.3 is 14.7 Å². The van der Waals surface area contributed by atoms with Crippen molar-refractivity contribution < 1.29 is 14.1 Å². The zero-order chi connectivity index (χ0) is 18.0. The average Bonchev–Trinajstić information content (AvgIpc) is 3.02. The Morgan fingerprint density at radius 1 is 1.40 bits per heavy atom. The van der Waals surface area contributed by atoms with Crippen molar-refractivity contribution in [2.24, 2.45) is 5.92 Å². The van der Waals surface area contributed by atoms with E-state index in [0.29, 0.717) is 11.7 Å². The van der Waals surface area contributed by atoms with Crippen molar-refractivity contribution in [3.05, 3.63) is 47.3 Å². The summed E-state index contributed by atoms with van der Waals surface area (Å²) < 4.78 is 5.27. The highest BCUT2D eigenvalue weighted by Crippen LogP contribution is 2.35. The van der Waals surface area contributed by atoms with Gasteiger partial charge in [0, 0.05) is 25.2 Å². The van der Waals surface area contributed by atoms with Gasteiger partial charge in [0.15, 0.2) is 5.76 Å². The van der Waals surface area contributed by atoms with E-state index in [-0.39, 0.29) is 24.8 Å². The molecule has 1 aromatic carbocycles. The molecule has 132 valence electrons. The summed E-state index contributed by atoms with van der Waals surface area (Å²) in [5.41, 5.74) is 2.55. The van der Waals surface area contributed by atoms with Crippen LogP contribution in [0.5, 0.6) is 0 Å². The number of anilines is 1. The Morgan fingerprint density at radius 3 is 2.92 bits per heavy atom. The summed E-state index contributed by atoms with van der Waals surface area (Å²) in [7, 11) is 1.74. The van der Waals surface area contributed by atoms with Crippen LogP contribution in [0.15, 0.2) is 34.9 Å². The topological polar surface area (TPSA) is 75.4 Å². The van der Waals surface area contributed by atoms with Gasteiger partial charge in [0.25, 0.3) is 0 Å². The Kier molecular flexibility index (Phi) is 4.88. The quantitative estimate of drug-likeness (QED) is 0.907. The van der Waals surface area contributed by atoms with E-state index in [1.165, 1.54) is 0 Å². The van der Waals surface area contributed by atoms with Crippen LogP contribution in [-0.2, 0) is 22.6 Å². The number of nitrogens with zero attached hydrogens (tertiary/aromatic N) is 2. The Labute approximate surface area is 147 Å². The number of fused-ring (bicyclic) bond motifs is 1. The van der Waals surface area contributed by atoms with Crippen molar-refractivity contribution in [2.45, 2.75) is 39.2 Å². The minimum atomic E-state index is -0.474. The molecule has 0 unspecified atom stereocenters. The molecule has 0 radical (unpaired) electrons. The molecule has 1 aliphatic rings. The molecule has 0 saturated heterocycles. The fourth-order valence-corrected chi connectivity index (χ4v) is 3.13. The smallest absolute Gasteiger partial charge is 0.228 e. The summed E-state index contributed by atoms with van der Waals surface area (Å²) in [6.45, 7) is 4.50. The van der Waals surface area contributed by atoms with Gasteiger partial charge in [-0.3, -0.25) is 9.59 Å². The van der Waals surface area contributed by atoms with Crippen molar-refractivity contribution in [3.8, 4) is 0 Å². The number of rotatable bonds is 5. The maximum absolute atomic E-state index is 12.6. The standard InChI is InChI=1S/C19H23N3O3/c1-12(2)8-13-9-14(25-21-13)11-20-19(24)16-10-18(23)22(3)17-7-5-4-6-15(16)17/h4-7,9,12,16H,8,10-11H2,1-3H3,(H,20,24)/t16-/m1/s1. The van der Waals surface area contributed by atoms with Crippen molar-refractivity contribution in [2.75, 3.05) is 11.9 Å². The normalized spacial score (nSPS) is 16.9. The van der Waals surface area contributed by atoms with Crippen molar-refractivity contribution in [3.63, 3.8) is 0 Å². The van der Waals surface area contributed by atoms with Crippen LogP contribution in [0.3, 0.4) is 0 Å². The first-order valence-electron chi connectivity index (χ1n) is 8.53. The second kappa shape index (κ2) is 7.09. The highest BCUT2D eigenvalue weighted by molar-refractivity contribution is 6.02. The number of nitrogens with one attached hydrogen (secondary N) is 1. The maximum atomic E-state index is 12.6. The SMILES string of the molecule is CC(C)Cc1cc(CNC(=O)[C@@H]2CC(=O)N(C)c3ccccc32)on1. The first-order chi connectivity index (χ1) is 12.0. The first kappa shape index (κ1) is 17.2. The highest BCUT2D eigenvalue weighted by Gasteiger charge is 2.33. The van der Waals surface area contributed by atoms with Crippen LogP contribution >= 0.6 is 0 Å². The predicted octanol–water partition coefficient (Wildman–Crippen LogP) is 2.64. The third-order valence-corrected chi connectivity index (χ3v) is 4.40. The lowest BCUT2D eigenvalue weighted by molar-refractivity contribution is -0.127. The van der Waals surface area contributed by atoms with E-state index in [2.05, 4.69) is 24.3 Å². The van der Waals surface area contributed by atoms with E-state index >= 15 is 0 Å². The van der Waals surface area contributed by atoms with E-state index in [0.717, 1.165) is 23.4 Å². The molecule has 0 bridgehead atoms. The molecule has 6 heteroatoms. The largest absolute Gasteiger partial charge is 0.359 e. The number of amides is 2. The molecule has 0 saturated carbocycles. The molecular formula is C19H23N3O3. The van der Waals surface area contributed by atoms with Gasteiger partial charge >= 0.3 is 0 Å². The molecule has 0 spiro atoms. The zero-order valence-electron chi connectivity index (χ0n) is 14.8. The third kappa shape index (κ3) is 3.73. The summed E-state index contributed by atoms with van der Waals surface area (Å²) in [5, 5.41) is 6.89. The van der Waals surface area contributed by atoms with Gasteiger partial charge in [-0.2, -0.15) is 0 Å². The van der Waals surface area contributed by atoms with Crippen molar-refractivity contribution in [1.29, 1.82) is 0 Å². The molecule has 0 aliphatic carbocycles. The third-order valence-electron chi connectivity index (χ3n) is 4.40. The molecule has 3 rings (SSSR count). The molecule has 1 aromatic heterocycles. The monoisotopic (exact) mass is 341 g/mol. The zero-order valence-corrected chi connectivity index (χ0v) is 14.8. The maximum Gasteiger partial charge on any atom is 0.228 e. The molecule has 1 N–H and O–H groups in total. The molecule has 2 aromatic rings. The molecule has 0 fully saturated rings. The van der Waals surface area contributed by atoms with E-state index in [9.17, 15) is 9.59 Å². The lowest BCUT2D eigenvalue weighted by Crippen LogP contribution is -2.39. The number of para-hydroxylation sites is 1. The lowest BCUT2D eigenvalue weighted by Gasteiger charge is -2.30. The van der Waals surface area contributed by atoms with Crippen molar-refractivity contribution >= 4 is 17.5 Å². The number of benzene rings is 1. The van der Waals surface area contributed by atoms with Crippen LogP contribution in [0.25, 0.3) is 0 Å². The summed E-state index contributed by atoms with van der Waals surface area (Å²) >= 11 is 0. The number of hydrogen-bond donors (Lipinski definition) is 1. The first-order valence-corrected chi connectivity index (χ1v) is 8.53. The Bertz CT molecular complexity index is 782. The predicted molar refractivity (Wildman–Crippen MR) is 94.1 cm³/mol. The number of carbonyl (C=O) groups is 2. The fourth-order valence-electron chi connectivity index (χ4n) is 3.13. The van der Waals surface area contributed by atoms with Gasteiger partial charge in [-0.15, -0.1) is 0 Å². The minimum Gasteiger partial charge on any atom is -0.359 e. The van der Waals surface area contributed by atoms with E-state index in [1.807, 2.05) is 30.3 Å². The molecule has 1 aliphatic heterocycles. The Balaban J connectivity index is 1.68. The molecule has 25 heavy (non-hydrogen) atoms. The molecule has 6 nitrogen and oxygen atoms in total. The van der Waals surface area contributed by atoms with Gasteiger partial charge in [-0.25, -0.2) is 0 Å². The van der Waals surface area contributed by atoms with Crippen molar-refractivity contribution in [1.82, 2.24) is 10.5 Å². The lowest BCUT2D eigenvalue weighted by atomic mass is 9.89. The summed E-state index contributed by atoms with van der Waals surface area (Å²) in [6, 6.07) is 9.39. The van der Waals surface area contributed by atoms with Crippen LogP contribution < -0.4 is 10.2 Å².